The van der Waals surface area contributed by atoms with Gasteiger partial charge in [-0.2, -0.15) is 0 Å². The first-order valence-electron chi connectivity index (χ1n) is 18.2. The Labute approximate surface area is 302 Å². The van der Waals surface area contributed by atoms with E-state index in [1.54, 1.807) is 0 Å². The standard InChI is InChI=1S/C48H46N2O/c1-8-27-48-29-44(48)43-28-38(21-26-45(43)50(48)30(3)9-2)35-17-22-39(23-18-35)49(46-33(6)31(4)32(5)34(7)47(46)51)40-24-19-37(20-25-40)42-16-12-14-36-13-10-11-15-41(36)42/h8-26,28-29,33,46,51H,1,27H2,2-7H3/b30-9+. The predicted octanol–water partition coefficient (Wildman–Crippen LogP) is 13.0. The summed E-state index contributed by atoms with van der Waals surface area (Å²) in [5.41, 5.74) is 15.5. The molecule has 0 bridgehead atoms. The van der Waals surface area contributed by atoms with Crippen LogP contribution in [0.25, 0.3) is 38.6 Å². The Bertz CT molecular complexity index is 2330. The Morgan fingerprint density at radius 2 is 1.45 bits per heavy atom. The van der Waals surface area contributed by atoms with Crippen molar-refractivity contribution in [3.8, 4) is 22.3 Å². The highest BCUT2D eigenvalue weighted by atomic mass is 16.3. The Hall–Kier alpha value is -5.54. The van der Waals surface area contributed by atoms with Gasteiger partial charge in [-0.05, 0) is 133 Å². The molecule has 1 N–H and O–H groups in total. The molecule has 5 aromatic rings. The minimum Gasteiger partial charge on any atom is -0.510 e. The summed E-state index contributed by atoms with van der Waals surface area (Å²) in [6.07, 6.45) is 7.53. The van der Waals surface area contributed by atoms with E-state index in [0.29, 0.717) is 5.76 Å². The van der Waals surface area contributed by atoms with Gasteiger partial charge in [0.25, 0.3) is 0 Å². The molecule has 51 heavy (non-hydrogen) atoms. The van der Waals surface area contributed by atoms with Crippen LogP contribution in [0.3, 0.4) is 0 Å². The van der Waals surface area contributed by atoms with Gasteiger partial charge in [0.15, 0.2) is 0 Å². The highest BCUT2D eigenvalue weighted by Crippen LogP contribution is 2.61. The monoisotopic (exact) mass is 666 g/mol. The van der Waals surface area contributed by atoms with E-state index >= 15 is 0 Å². The topological polar surface area (TPSA) is 26.7 Å². The molecule has 5 aromatic carbocycles. The maximum atomic E-state index is 11.8. The lowest BCUT2D eigenvalue weighted by molar-refractivity contribution is 0.325. The maximum absolute atomic E-state index is 11.8. The zero-order valence-corrected chi connectivity index (χ0v) is 30.5. The fourth-order valence-corrected chi connectivity index (χ4v) is 8.59. The van der Waals surface area contributed by atoms with Crippen molar-refractivity contribution in [1.82, 2.24) is 0 Å². The third-order valence-electron chi connectivity index (χ3n) is 11.9. The molecular weight excluding hydrogens is 621 g/mol. The second-order valence-corrected chi connectivity index (χ2v) is 14.5. The van der Waals surface area contributed by atoms with Crippen molar-refractivity contribution in [2.24, 2.45) is 5.92 Å². The van der Waals surface area contributed by atoms with Crippen molar-refractivity contribution in [3.05, 3.63) is 168 Å². The lowest BCUT2D eigenvalue weighted by atomic mass is 9.80. The molecule has 0 radical (unpaired) electrons. The number of aliphatic hydroxyl groups excluding tert-OH is 1. The molecule has 0 spiro atoms. The zero-order chi connectivity index (χ0) is 35.6. The molecule has 3 unspecified atom stereocenters. The number of fused-ring (bicyclic) bond motifs is 4. The molecule has 0 aromatic heterocycles. The summed E-state index contributed by atoms with van der Waals surface area (Å²) in [4.78, 5) is 4.80. The lowest BCUT2D eigenvalue weighted by Gasteiger charge is -2.41. The van der Waals surface area contributed by atoms with E-state index < -0.39 is 0 Å². The summed E-state index contributed by atoms with van der Waals surface area (Å²) in [6, 6.07) is 39.4. The quantitative estimate of drug-likeness (QED) is 0.167. The number of hydrogen-bond donors (Lipinski definition) is 1. The van der Waals surface area contributed by atoms with Crippen LogP contribution < -0.4 is 9.80 Å². The molecule has 3 atom stereocenters. The first-order valence-corrected chi connectivity index (χ1v) is 18.2. The number of benzene rings is 5. The van der Waals surface area contributed by atoms with Crippen LogP contribution in [0.15, 0.2) is 162 Å². The van der Waals surface area contributed by atoms with Gasteiger partial charge in [-0.25, -0.2) is 0 Å². The fraction of sp³-hybridized carbons (Fsp3) is 0.208. The van der Waals surface area contributed by atoms with Crippen LogP contribution in [0.5, 0.6) is 0 Å². The van der Waals surface area contributed by atoms with Gasteiger partial charge in [0.1, 0.15) is 5.76 Å². The van der Waals surface area contributed by atoms with Gasteiger partial charge in [0.05, 0.1) is 11.6 Å². The summed E-state index contributed by atoms with van der Waals surface area (Å²) in [5, 5.41) is 14.3. The second kappa shape index (κ2) is 12.3. The highest BCUT2D eigenvalue weighted by Gasteiger charge is 2.55. The average molecular weight is 667 g/mol. The van der Waals surface area contributed by atoms with Gasteiger partial charge in [-0.15, -0.1) is 6.58 Å². The maximum Gasteiger partial charge on any atom is 0.119 e. The molecule has 0 amide bonds. The minimum atomic E-state index is -0.233. The molecular formula is C48H46N2O. The van der Waals surface area contributed by atoms with Crippen LogP contribution in [0.1, 0.15) is 53.5 Å². The number of rotatable bonds is 8. The molecule has 0 fully saturated rings. The molecule has 8 rings (SSSR count). The Kier molecular flexibility index (Phi) is 7.91. The molecule has 3 aliphatic rings. The number of anilines is 3. The van der Waals surface area contributed by atoms with Crippen LogP contribution in [-0.4, -0.2) is 16.7 Å². The molecule has 1 aliphatic heterocycles. The van der Waals surface area contributed by atoms with Crippen molar-refractivity contribution < 1.29 is 5.11 Å². The van der Waals surface area contributed by atoms with E-state index in [9.17, 15) is 5.11 Å². The van der Waals surface area contributed by atoms with Crippen molar-refractivity contribution in [2.75, 3.05) is 9.80 Å². The van der Waals surface area contributed by atoms with Gasteiger partial charge < -0.3 is 14.9 Å². The van der Waals surface area contributed by atoms with Gasteiger partial charge in [0.2, 0.25) is 0 Å². The van der Waals surface area contributed by atoms with E-state index in [2.05, 4.69) is 172 Å². The smallest absolute Gasteiger partial charge is 0.119 e. The van der Waals surface area contributed by atoms with Crippen LogP contribution in [0, 0.1) is 5.92 Å². The SMILES string of the molecule is C=CCC12C=C1c1cc(-c3ccc(N(c4ccc(-c5cccc6ccccc56)cc4)C4C(O)=C(C)C(C)=C(C)C4C)cc3)ccc1N2/C(C)=C/C. The number of hydrogen-bond acceptors (Lipinski definition) is 3. The Morgan fingerprint density at radius 1 is 0.804 bits per heavy atom. The Balaban J connectivity index is 1.18. The number of nitrogens with zero attached hydrogens (tertiary/aromatic N) is 2. The summed E-state index contributed by atoms with van der Waals surface area (Å²) < 4.78 is 0. The van der Waals surface area contributed by atoms with Crippen molar-refractivity contribution in [3.63, 3.8) is 0 Å². The lowest BCUT2D eigenvalue weighted by Crippen LogP contribution is -2.41. The predicted molar refractivity (Wildman–Crippen MR) is 217 cm³/mol. The van der Waals surface area contributed by atoms with Gasteiger partial charge >= 0.3 is 0 Å². The third kappa shape index (κ3) is 5.09. The van der Waals surface area contributed by atoms with Crippen molar-refractivity contribution in [2.45, 2.75) is 59.5 Å². The molecule has 0 saturated carbocycles. The van der Waals surface area contributed by atoms with E-state index in [4.69, 9.17) is 0 Å². The summed E-state index contributed by atoms with van der Waals surface area (Å²) in [7, 11) is 0. The van der Waals surface area contributed by atoms with Gasteiger partial charge in [0, 0.05) is 34.2 Å². The van der Waals surface area contributed by atoms with Gasteiger partial charge in [-0.1, -0.05) is 97.4 Å². The molecule has 2 aliphatic carbocycles. The molecule has 1 heterocycles. The van der Waals surface area contributed by atoms with Crippen molar-refractivity contribution >= 4 is 33.4 Å². The summed E-state index contributed by atoms with van der Waals surface area (Å²) >= 11 is 0. The van der Waals surface area contributed by atoms with Crippen LogP contribution >= 0.6 is 0 Å². The normalized spacial score (nSPS) is 21.1. The number of aliphatic hydroxyl groups is 1. The van der Waals surface area contributed by atoms with E-state index in [0.717, 1.165) is 23.4 Å². The van der Waals surface area contributed by atoms with E-state index in [-0.39, 0.29) is 17.5 Å². The van der Waals surface area contributed by atoms with Crippen LogP contribution in [0.4, 0.5) is 17.1 Å². The highest BCUT2D eigenvalue weighted by molar-refractivity contribution is 6.05. The zero-order valence-electron chi connectivity index (χ0n) is 30.5. The number of allylic oxidation sites excluding steroid dienone is 4. The van der Waals surface area contributed by atoms with Crippen LogP contribution in [0.2, 0.25) is 0 Å². The van der Waals surface area contributed by atoms with Gasteiger partial charge in [-0.3, -0.25) is 0 Å². The fourth-order valence-electron chi connectivity index (χ4n) is 8.59. The first kappa shape index (κ1) is 32.7. The third-order valence-corrected chi connectivity index (χ3v) is 11.9. The minimum absolute atomic E-state index is 0.0674. The van der Waals surface area contributed by atoms with Crippen LogP contribution in [-0.2, 0) is 0 Å². The van der Waals surface area contributed by atoms with Crippen molar-refractivity contribution in [1.29, 1.82) is 0 Å². The largest absolute Gasteiger partial charge is 0.510 e. The molecule has 0 saturated heterocycles. The van der Waals surface area contributed by atoms with E-state index in [1.807, 2.05) is 13.0 Å². The average Bonchev–Trinajstić information content (AvgIpc) is 3.82. The summed E-state index contributed by atoms with van der Waals surface area (Å²) in [6.45, 7) is 17.0. The Morgan fingerprint density at radius 3 is 2.14 bits per heavy atom. The first-order chi connectivity index (χ1) is 24.7. The molecule has 254 valence electrons. The molecule has 3 nitrogen and oxygen atoms in total. The van der Waals surface area contributed by atoms with E-state index in [1.165, 1.54) is 66.7 Å². The molecule has 3 heteroatoms. The summed E-state index contributed by atoms with van der Waals surface area (Å²) in [5.74, 6) is 0.558. The second-order valence-electron chi connectivity index (χ2n) is 14.5.